The Morgan fingerprint density at radius 2 is 2.26 bits per heavy atom. The molecule has 1 aromatic heterocycles. The lowest BCUT2D eigenvalue weighted by molar-refractivity contribution is 0.0569. The van der Waals surface area contributed by atoms with Gasteiger partial charge in [0, 0.05) is 19.0 Å². The number of benzene rings is 1. The van der Waals surface area contributed by atoms with Crippen molar-refractivity contribution in [3.8, 4) is 5.75 Å². The first-order valence-corrected chi connectivity index (χ1v) is 8.00. The lowest BCUT2D eigenvalue weighted by Gasteiger charge is -2.35. The van der Waals surface area contributed by atoms with Gasteiger partial charge in [0.25, 0.3) is 0 Å². The zero-order valence-corrected chi connectivity index (χ0v) is 13.4. The molecule has 1 N–H and O–H groups in total. The highest BCUT2D eigenvalue weighted by Crippen LogP contribution is 2.30. The number of nitrogens with zero attached hydrogens (tertiary/aromatic N) is 1. The van der Waals surface area contributed by atoms with Crippen LogP contribution in [0.25, 0.3) is 6.08 Å². The fourth-order valence-electron chi connectivity index (χ4n) is 3.13. The zero-order valence-electron chi connectivity index (χ0n) is 13.4. The summed E-state index contributed by atoms with van der Waals surface area (Å²) < 4.78 is 10.6. The molecule has 1 aliphatic rings. The van der Waals surface area contributed by atoms with E-state index in [1.807, 2.05) is 36.4 Å². The van der Waals surface area contributed by atoms with Crippen LogP contribution in [0, 0.1) is 0 Å². The van der Waals surface area contributed by atoms with E-state index in [9.17, 15) is 5.11 Å². The van der Waals surface area contributed by atoms with E-state index in [4.69, 9.17) is 9.15 Å². The summed E-state index contributed by atoms with van der Waals surface area (Å²) in [7, 11) is 1.67. The van der Waals surface area contributed by atoms with Gasteiger partial charge in [-0.2, -0.15) is 0 Å². The summed E-state index contributed by atoms with van der Waals surface area (Å²) in [6, 6.07) is 11.8. The molecular weight excluding hydrogens is 290 g/mol. The average molecular weight is 313 g/mol. The number of piperidine rings is 1. The summed E-state index contributed by atoms with van der Waals surface area (Å²) in [6.45, 7) is 2.48. The third-order valence-electron chi connectivity index (χ3n) is 4.38. The third kappa shape index (κ3) is 4.03. The largest absolute Gasteiger partial charge is 0.497 e. The molecule has 3 rings (SSSR count). The molecule has 0 aliphatic carbocycles. The topological polar surface area (TPSA) is 45.8 Å². The highest BCUT2D eigenvalue weighted by molar-refractivity contribution is 5.42. The van der Waals surface area contributed by atoms with E-state index in [1.165, 1.54) is 0 Å². The molecule has 1 saturated heterocycles. The van der Waals surface area contributed by atoms with E-state index in [-0.39, 0.29) is 12.0 Å². The first-order valence-electron chi connectivity index (χ1n) is 8.00. The van der Waals surface area contributed by atoms with Gasteiger partial charge in [-0.3, -0.25) is 4.90 Å². The molecule has 4 nitrogen and oxygen atoms in total. The molecule has 2 aromatic rings. The molecule has 1 aromatic carbocycles. The van der Waals surface area contributed by atoms with Crippen LogP contribution in [0.4, 0.5) is 0 Å². The Hall–Kier alpha value is -2.04. The van der Waals surface area contributed by atoms with Crippen molar-refractivity contribution in [1.82, 2.24) is 4.90 Å². The number of hydrogen-bond acceptors (Lipinski definition) is 4. The molecule has 23 heavy (non-hydrogen) atoms. The van der Waals surface area contributed by atoms with Crippen LogP contribution in [-0.2, 0) is 0 Å². The molecular formula is C19H23NO3. The maximum atomic E-state index is 10.5. The lowest BCUT2D eigenvalue weighted by Crippen LogP contribution is -2.42. The van der Waals surface area contributed by atoms with Crippen LogP contribution in [0.5, 0.6) is 5.75 Å². The molecule has 0 radical (unpaired) electrons. The highest BCUT2D eigenvalue weighted by Gasteiger charge is 2.28. The molecule has 0 spiro atoms. The molecule has 0 bridgehead atoms. The van der Waals surface area contributed by atoms with Crippen LogP contribution < -0.4 is 4.74 Å². The third-order valence-corrected chi connectivity index (χ3v) is 4.38. The van der Waals surface area contributed by atoms with Gasteiger partial charge in [-0.1, -0.05) is 18.2 Å². The van der Waals surface area contributed by atoms with E-state index in [0.29, 0.717) is 6.54 Å². The van der Waals surface area contributed by atoms with Gasteiger partial charge in [0.2, 0.25) is 0 Å². The second kappa shape index (κ2) is 7.49. The summed E-state index contributed by atoms with van der Waals surface area (Å²) in [6.07, 6.45) is 6.32. The first-order chi connectivity index (χ1) is 11.3. The van der Waals surface area contributed by atoms with Crippen molar-refractivity contribution < 1.29 is 14.3 Å². The molecule has 4 heteroatoms. The van der Waals surface area contributed by atoms with Crippen LogP contribution in [0.2, 0.25) is 0 Å². The number of likely N-dealkylation sites (tertiary alicyclic amines) is 1. The van der Waals surface area contributed by atoms with Gasteiger partial charge in [-0.25, -0.2) is 0 Å². The first kappa shape index (κ1) is 15.8. The normalized spacial score (nSPS) is 22.5. The Labute approximate surface area is 137 Å². The minimum Gasteiger partial charge on any atom is -0.497 e. The van der Waals surface area contributed by atoms with Crippen LogP contribution in [0.15, 0.2) is 53.2 Å². The maximum Gasteiger partial charge on any atom is 0.126 e. The number of furan rings is 1. The summed E-state index contributed by atoms with van der Waals surface area (Å²) in [5.74, 6) is 1.88. The average Bonchev–Trinajstić information content (AvgIpc) is 3.08. The van der Waals surface area contributed by atoms with Gasteiger partial charge in [-0.05, 0) is 48.9 Å². The summed E-state index contributed by atoms with van der Waals surface area (Å²) in [5.41, 5.74) is 1.16. The van der Waals surface area contributed by atoms with E-state index in [1.54, 1.807) is 13.4 Å². The molecule has 122 valence electrons. The second-order valence-corrected chi connectivity index (χ2v) is 5.92. The van der Waals surface area contributed by atoms with Crippen molar-refractivity contribution in [3.05, 3.63) is 60.1 Å². The van der Waals surface area contributed by atoms with Crippen molar-refractivity contribution >= 4 is 6.08 Å². The number of methoxy groups -OCH3 is 1. The van der Waals surface area contributed by atoms with Crippen molar-refractivity contribution in [2.75, 3.05) is 26.7 Å². The van der Waals surface area contributed by atoms with Gasteiger partial charge in [0.15, 0.2) is 0 Å². The Bertz CT molecular complexity index is 636. The van der Waals surface area contributed by atoms with Crippen LogP contribution in [0.3, 0.4) is 0 Å². The predicted molar refractivity (Wildman–Crippen MR) is 90.5 cm³/mol. The fourth-order valence-corrected chi connectivity index (χ4v) is 3.13. The van der Waals surface area contributed by atoms with Crippen LogP contribution in [0.1, 0.15) is 23.7 Å². The van der Waals surface area contributed by atoms with Crippen molar-refractivity contribution in [1.29, 1.82) is 0 Å². The summed E-state index contributed by atoms with van der Waals surface area (Å²) in [5, 5.41) is 10.5. The summed E-state index contributed by atoms with van der Waals surface area (Å²) >= 11 is 0. The Morgan fingerprint density at radius 1 is 1.35 bits per heavy atom. The second-order valence-electron chi connectivity index (χ2n) is 5.92. The minimum absolute atomic E-state index is 0.176. The van der Waals surface area contributed by atoms with Gasteiger partial charge in [0.1, 0.15) is 11.5 Å². The Balaban J connectivity index is 1.56. The van der Waals surface area contributed by atoms with Gasteiger partial charge in [-0.15, -0.1) is 0 Å². The Kier molecular flexibility index (Phi) is 5.16. The number of aliphatic hydroxyl groups is 1. The molecule has 2 atom stereocenters. The predicted octanol–water partition coefficient (Wildman–Crippen LogP) is 3.15. The smallest absolute Gasteiger partial charge is 0.126 e. The number of β-amino-alcohol motifs (C(OH)–C–C–N with tert-alkyl or cyclic N) is 1. The minimum atomic E-state index is -0.354. The quantitative estimate of drug-likeness (QED) is 0.921. The van der Waals surface area contributed by atoms with Gasteiger partial charge >= 0.3 is 0 Å². The number of ether oxygens (including phenoxy) is 1. The zero-order chi connectivity index (χ0) is 16.1. The monoisotopic (exact) mass is 313 g/mol. The number of aliphatic hydroxyl groups excluding tert-OH is 1. The van der Waals surface area contributed by atoms with Gasteiger partial charge in [0.05, 0.1) is 19.5 Å². The molecule has 2 heterocycles. The van der Waals surface area contributed by atoms with E-state index in [2.05, 4.69) is 17.0 Å². The molecule has 0 saturated carbocycles. The molecule has 0 unspecified atom stereocenters. The van der Waals surface area contributed by atoms with Crippen molar-refractivity contribution in [2.24, 2.45) is 0 Å². The fraction of sp³-hybridized carbons (Fsp3) is 0.368. The van der Waals surface area contributed by atoms with Crippen molar-refractivity contribution in [2.45, 2.75) is 18.4 Å². The molecule has 1 fully saturated rings. The Morgan fingerprint density at radius 3 is 3.00 bits per heavy atom. The SMILES string of the molecule is COc1cccc([C@@H]2CCN(CC=Cc3ccco3)C[C@H]2O)c1. The number of hydrogen-bond donors (Lipinski definition) is 1. The van der Waals surface area contributed by atoms with Crippen LogP contribution >= 0.6 is 0 Å². The van der Waals surface area contributed by atoms with Crippen LogP contribution in [-0.4, -0.2) is 42.9 Å². The van der Waals surface area contributed by atoms with E-state index in [0.717, 1.165) is 36.6 Å². The van der Waals surface area contributed by atoms with E-state index >= 15 is 0 Å². The molecule has 1 aliphatic heterocycles. The van der Waals surface area contributed by atoms with Crippen molar-refractivity contribution in [3.63, 3.8) is 0 Å². The highest BCUT2D eigenvalue weighted by atomic mass is 16.5. The maximum absolute atomic E-state index is 10.5. The molecule has 0 amide bonds. The standard InChI is InChI=1S/C19H23NO3/c1-22-17-6-2-5-15(13-17)18-9-11-20(14-19(18)21)10-3-7-16-8-4-12-23-16/h2-8,12-13,18-19,21H,9-11,14H2,1H3/t18-,19+/m0/s1. The number of rotatable bonds is 5. The van der Waals surface area contributed by atoms with Gasteiger partial charge < -0.3 is 14.3 Å². The lowest BCUT2D eigenvalue weighted by atomic mass is 9.87. The van der Waals surface area contributed by atoms with E-state index < -0.39 is 0 Å². The summed E-state index contributed by atoms with van der Waals surface area (Å²) in [4.78, 5) is 2.26.